The minimum Gasteiger partial charge on any atom is -0.305 e. The molecular weight excluding hydrogens is 261 g/mol. The van der Waals surface area contributed by atoms with E-state index in [1.54, 1.807) is 0 Å². The maximum absolute atomic E-state index is 11.6. The first-order valence-corrected chi connectivity index (χ1v) is 5.95. The van der Waals surface area contributed by atoms with Crippen molar-refractivity contribution in [1.29, 1.82) is 5.26 Å². The molecule has 0 aromatic rings. The maximum atomic E-state index is 11.6. The largest absolute Gasteiger partial charge is 0.418 e. The zero-order valence-corrected chi connectivity index (χ0v) is 11.9. The summed E-state index contributed by atoms with van der Waals surface area (Å²) < 4.78 is 33.7. The molecule has 1 N–H and O–H groups in total. The topological polar surface area (TPSA) is 111 Å². The first-order valence-electron chi connectivity index (χ1n) is 4.59. The van der Waals surface area contributed by atoms with Gasteiger partial charge in [0.2, 0.25) is 0 Å². The predicted molar refractivity (Wildman–Crippen MR) is 54.8 cm³/mol. The molecule has 2 bridgehead atoms. The second kappa shape index (κ2) is 5.09. The normalized spacial score (nSPS) is 27.6. The van der Waals surface area contributed by atoms with Crippen molar-refractivity contribution in [2.24, 2.45) is 0 Å². The molecule has 2 amide bonds. The number of urea groups is 1. The summed E-state index contributed by atoms with van der Waals surface area (Å²) in [5, 5.41) is 9.39. The fraction of sp³-hybridized carbons (Fsp3) is 0.714. The van der Waals surface area contributed by atoms with E-state index in [4.69, 9.17) is 9.81 Å². The molecule has 2 heterocycles. The molecule has 17 heavy (non-hydrogen) atoms. The quantitative estimate of drug-likeness (QED) is 0.516. The van der Waals surface area contributed by atoms with E-state index in [0.717, 1.165) is 0 Å². The monoisotopic (exact) mass is 270 g/mol. The molecule has 0 unspecified atom stereocenters. The summed E-state index contributed by atoms with van der Waals surface area (Å²) in [7, 11) is -4.71. The van der Waals surface area contributed by atoms with Crippen LogP contribution in [0.3, 0.4) is 0 Å². The number of nitrogens with zero attached hydrogens (tertiary/aromatic N) is 3. The molecular formula is C7H9N3NaO5S. The Bertz CT molecular complexity index is 461. The molecule has 2 aliphatic heterocycles. The molecule has 8 nitrogen and oxygen atoms in total. The number of hydroxylamine groups is 2. The zero-order valence-electron chi connectivity index (χ0n) is 9.11. The van der Waals surface area contributed by atoms with Crippen molar-refractivity contribution in [3.8, 4) is 6.07 Å². The molecule has 2 aliphatic rings. The van der Waals surface area contributed by atoms with Gasteiger partial charge in [0, 0.05) is 36.1 Å². The van der Waals surface area contributed by atoms with Gasteiger partial charge in [-0.05, 0) is 12.8 Å². The van der Waals surface area contributed by atoms with Crippen LogP contribution in [0.4, 0.5) is 4.79 Å². The van der Waals surface area contributed by atoms with Crippen LogP contribution in [0.1, 0.15) is 12.8 Å². The Morgan fingerprint density at radius 1 is 1.47 bits per heavy atom. The Hall–Kier alpha value is -0.370. The molecule has 1 radical (unpaired) electrons. The van der Waals surface area contributed by atoms with E-state index in [1.807, 2.05) is 6.07 Å². The summed E-state index contributed by atoms with van der Waals surface area (Å²) in [6.07, 6.45) is 0.939. The van der Waals surface area contributed by atoms with E-state index in [0.29, 0.717) is 17.9 Å². The first-order chi connectivity index (χ1) is 7.42. The fourth-order valence-electron chi connectivity index (χ4n) is 1.97. The van der Waals surface area contributed by atoms with Gasteiger partial charge in [0.25, 0.3) is 0 Å². The van der Waals surface area contributed by atoms with Crippen LogP contribution in [0.5, 0.6) is 0 Å². The molecule has 2 fully saturated rings. The van der Waals surface area contributed by atoms with Gasteiger partial charge in [-0.25, -0.2) is 4.79 Å². The van der Waals surface area contributed by atoms with Crippen molar-refractivity contribution in [3.05, 3.63) is 0 Å². The molecule has 2 rings (SSSR count). The van der Waals surface area contributed by atoms with E-state index in [9.17, 15) is 13.2 Å². The van der Waals surface area contributed by atoms with Gasteiger partial charge in [-0.3, -0.25) is 4.55 Å². The van der Waals surface area contributed by atoms with Crippen LogP contribution in [0.15, 0.2) is 0 Å². The summed E-state index contributed by atoms with van der Waals surface area (Å²) in [5.74, 6) is 0. The van der Waals surface area contributed by atoms with E-state index in [1.165, 1.54) is 4.90 Å². The number of amides is 2. The average molecular weight is 270 g/mol. The van der Waals surface area contributed by atoms with Crippen LogP contribution in [0.2, 0.25) is 0 Å². The Morgan fingerprint density at radius 2 is 2.12 bits per heavy atom. The van der Waals surface area contributed by atoms with E-state index >= 15 is 0 Å². The number of carbonyl (C=O) groups excluding carboxylic acids is 1. The Kier molecular flexibility index (Phi) is 4.40. The van der Waals surface area contributed by atoms with Gasteiger partial charge in [0.05, 0.1) is 12.1 Å². The van der Waals surface area contributed by atoms with Gasteiger partial charge in [-0.2, -0.15) is 18.7 Å². The van der Waals surface area contributed by atoms with Crippen LogP contribution in [-0.2, 0) is 14.7 Å². The number of carbonyl (C=O) groups is 1. The fourth-order valence-corrected chi connectivity index (χ4v) is 2.35. The minimum atomic E-state index is -4.71. The summed E-state index contributed by atoms with van der Waals surface area (Å²) in [4.78, 5) is 12.9. The van der Waals surface area contributed by atoms with Crippen LogP contribution in [-0.4, -0.2) is 77.2 Å². The predicted octanol–water partition coefficient (Wildman–Crippen LogP) is -0.868. The molecule has 0 aromatic heterocycles. The molecule has 2 saturated heterocycles. The van der Waals surface area contributed by atoms with E-state index in [2.05, 4.69) is 4.28 Å². The van der Waals surface area contributed by atoms with Crippen LogP contribution < -0.4 is 0 Å². The van der Waals surface area contributed by atoms with Crippen molar-refractivity contribution in [2.75, 3.05) is 6.54 Å². The van der Waals surface area contributed by atoms with Crippen molar-refractivity contribution >= 4 is 46.0 Å². The van der Waals surface area contributed by atoms with Crippen molar-refractivity contribution < 1.29 is 22.0 Å². The third kappa shape index (κ3) is 2.90. The van der Waals surface area contributed by atoms with Crippen LogP contribution in [0, 0.1) is 11.3 Å². The summed E-state index contributed by atoms with van der Waals surface area (Å²) in [5.41, 5.74) is 0. The number of fused-ring (bicyclic) bond motifs is 2. The SMILES string of the molecule is N#C[C@@H]1CC[C@@H]2CN1C(=O)N2OS(=O)(=O)O.[Na]. The van der Waals surface area contributed by atoms with Gasteiger partial charge >= 0.3 is 16.4 Å². The third-order valence-corrected chi connectivity index (χ3v) is 3.00. The minimum absolute atomic E-state index is 0. The number of nitriles is 1. The van der Waals surface area contributed by atoms with Gasteiger partial charge in [-0.1, -0.05) is 0 Å². The molecule has 0 spiro atoms. The van der Waals surface area contributed by atoms with Crippen molar-refractivity contribution in [1.82, 2.24) is 9.96 Å². The maximum Gasteiger partial charge on any atom is 0.418 e. The molecule has 10 heteroatoms. The molecule has 2 atom stereocenters. The second-order valence-corrected chi connectivity index (χ2v) is 4.64. The van der Waals surface area contributed by atoms with Gasteiger partial charge in [0.15, 0.2) is 0 Å². The summed E-state index contributed by atoms with van der Waals surface area (Å²) in [6, 6.07) is 0.266. The van der Waals surface area contributed by atoms with E-state index in [-0.39, 0.29) is 36.1 Å². The Balaban J connectivity index is 0.00000144. The number of hydrogen-bond donors (Lipinski definition) is 1. The van der Waals surface area contributed by atoms with Crippen molar-refractivity contribution in [3.63, 3.8) is 0 Å². The van der Waals surface area contributed by atoms with Gasteiger partial charge in [-0.15, -0.1) is 4.28 Å². The molecule has 0 saturated carbocycles. The molecule has 0 aromatic carbocycles. The smallest absolute Gasteiger partial charge is 0.305 e. The van der Waals surface area contributed by atoms with E-state index < -0.39 is 28.5 Å². The summed E-state index contributed by atoms with van der Waals surface area (Å²) >= 11 is 0. The van der Waals surface area contributed by atoms with Crippen LogP contribution in [0.25, 0.3) is 0 Å². The van der Waals surface area contributed by atoms with Gasteiger partial charge in [0.1, 0.15) is 6.04 Å². The Morgan fingerprint density at radius 3 is 2.65 bits per heavy atom. The van der Waals surface area contributed by atoms with Gasteiger partial charge < -0.3 is 4.90 Å². The molecule has 0 aliphatic carbocycles. The van der Waals surface area contributed by atoms with Crippen LogP contribution >= 0.6 is 0 Å². The third-order valence-electron chi connectivity index (χ3n) is 2.65. The second-order valence-electron chi connectivity index (χ2n) is 3.64. The summed E-state index contributed by atoms with van der Waals surface area (Å²) in [6.45, 7) is 0.243. The standard InChI is InChI=1S/C7H9N3O5S.Na/c8-3-5-1-2-6-4-9(5)7(11)10(6)15-16(12,13)14;/h5-6H,1-2,4H2,(H,12,13,14);/t5-,6+;/m0./s1. The number of hydrogen-bond acceptors (Lipinski definition) is 5. The number of piperidine rings is 1. The average Bonchev–Trinajstić information content (AvgIpc) is 2.43. The first kappa shape index (κ1) is 14.7. The van der Waals surface area contributed by atoms with Crippen molar-refractivity contribution in [2.45, 2.75) is 24.9 Å². The zero-order chi connectivity index (χ0) is 11.9. The Labute approximate surface area is 120 Å². The molecule has 89 valence electrons. The number of rotatable bonds is 2.